The molecular weight excluding hydrogens is 442 g/mol. The highest BCUT2D eigenvalue weighted by Gasteiger charge is 2.20. The van der Waals surface area contributed by atoms with Crippen molar-refractivity contribution in [3.63, 3.8) is 0 Å². The van der Waals surface area contributed by atoms with E-state index in [4.69, 9.17) is 4.42 Å². The standard InChI is InChI=1S/C21H16F2N4O2S2/c1-11-5-3-4-6-14(11)19-26-27-21(29-19)31-12(2)18(28)25-20-24-17(10-30-20)13-7-8-15(22)16(23)9-13/h3-10,12H,1-2H3,(H,24,25,28)/t12-/m1/s1. The maximum Gasteiger partial charge on any atom is 0.277 e. The van der Waals surface area contributed by atoms with Crippen LogP contribution in [0.15, 0.2) is 57.5 Å². The summed E-state index contributed by atoms with van der Waals surface area (Å²) in [5.74, 6) is -1.79. The van der Waals surface area contributed by atoms with Gasteiger partial charge in [-0.1, -0.05) is 30.0 Å². The second-order valence-electron chi connectivity index (χ2n) is 6.60. The Morgan fingerprint density at radius 2 is 1.97 bits per heavy atom. The summed E-state index contributed by atoms with van der Waals surface area (Å²) in [5.41, 5.74) is 2.72. The molecule has 4 aromatic rings. The number of anilines is 1. The van der Waals surface area contributed by atoms with Gasteiger partial charge in [-0.3, -0.25) is 4.79 Å². The first-order valence-electron chi connectivity index (χ1n) is 9.18. The van der Waals surface area contributed by atoms with Crippen molar-refractivity contribution in [3.8, 4) is 22.7 Å². The van der Waals surface area contributed by atoms with Crippen molar-refractivity contribution in [2.75, 3.05) is 5.32 Å². The van der Waals surface area contributed by atoms with E-state index in [9.17, 15) is 13.6 Å². The molecule has 0 saturated carbocycles. The molecule has 2 aromatic carbocycles. The number of benzene rings is 2. The van der Waals surface area contributed by atoms with Crippen LogP contribution in [-0.2, 0) is 4.79 Å². The summed E-state index contributed by atoms with van der Waals surface area (Å²) < 4.78 is 32.2. The summed E-state index contributed by atoms with van der Waals surface area (Å²) in [6.45, 7) is 3.66. The topological polar surface area (TPSA) is 80.9 Å². The molecule has 0 fully saturated rings. The monoisotopic (exact) mass is 458 g/mol. The number of thiazole rings is 1. The molecule has 0 unspecified atom stereocenters. The van der Waals surface area contributed by atoms with Crippen LogP contribution in [0.25, 0.3) is 22.7 Å². The van der Waals surface area contributed by atoms with E-state index in [-0.39, 0.29) is 11.1 Å². The molecule has 31 heavy (non-hydrogen) atoms. The number of nitrogens with zero attached hydrogens (tertiary/aromatic N) is 3. The number of aryl methyl sites for hydroxylation is 1. The van der Waals surface area contributed by atoms with Crippen molar-refractivity contribution < 1.29 is 18.0 Å². The fourth-order valence-electron chi connectivity index (χ4n) is 2.71. The number of hydrogen-bond donors (Lipinski definition) is 1. The van der Waals surface area contributed by atoms with Gasteiger partial charge < -0.3 is 9.73 Å². The summed E-state index contributed by atoms with van der Waals surface area (Å²) in [4.78, 5) is 16.8. The molecule has 10 heteroatoms. The minimum atomic E-state index is -0.953. The van der Waals surface area contributed by atoms with Crippen molar-refractivity contribution in [3.05, 3.63) is 65.0 Å². The predicted molar refractivity (Wildman–Crippen MR) is 116 cm³/mol. The highest BCUT2D eigenvalue weighted by Crippen LogP contribution is 2.29. The zero-order valence-corrected chi connectivity index (χ0v) is 18.1. The van der Waals surface area contributed by atoms with Gasteiger partial charge >= 0.3 is 0 Å². The molecule has 2 heterocycles. The van der Waals surface area contributed by atoms with Crippen LogP contribution in [0.3, 0.4) is 0 Å². The summed E-state index contributed by atoms with van der Waals surface area (Å²) in [6.07, 6.45) is 0. The number of rotatable bonds is 6. The Hall–Kier alpha value is -3.11. The number of aromatic nitrogens is 3. The maximum atomic E-state index is 13.4. The highest BCUT2D eigenvalue weighted by molar-refractivity contribution is 8.00. The molecule has 158 valence electrons. The van der Waals surface area contributed by atoms with E-state index < -0.39 is 16.9 Å². The van der Waals surface area contributed by atoms with Crippen LogP contribution in [0.1, 0.15) is 12.5 Å². The molecule has 0 aliphatic heterocycles. The minimum Gasteiger partial charge on any atom is -0.411 e. The SMILES string of the molecule is Cc1ccccc1-c1nnc(S[C@H](C)C(=O)Nc2nc(-c3ccc(F)c(F)c3)cs2)o1. The first-order chi connectivity index (χ1) is 14.9. The lowest BCUT2D eigenvalue weighted by Gasteiger charge is -2.07. The molecule has 0 aliphatic rings. The average Bonchev–Trinajstić information content (AvgIpc) is 3.40. The number of hydrogen-bond acceptors (Lipinski definition) is 7. The van der Waals surface area contributed by atoms with E-state index in [0.717, 1.165) is 35.0 Å². The molecule has 0 radical (unpaired) electrons. The van der Waals surface area contributed by atoms with Crippen LogP contribution in [0.4, 0.5) is 13.9 Å². The van der Waals surface area contributed by atoms with E-state index in [1.54, 1.807) is 12.3 Å². The maximum absolute atomic E-state index is 13.4. The molecule has 0 saturated heterocycles. The molecule has 0 bridgehead atoms. The Labute approximate surface area is 184 Å². The second-order valence-corrected chi connectivity index (χ2v) is 8.75. The third-order valence-corrected chi connectivity index (χ3v) is 6.07. The lowest BCUT2D eigenvalue weighted by molar-refractivity contribution is -0.115. The third kappa shape index (κ3) is 4.80. The Morgan fingerprint density at radius 1 is 1.16 bits per heavy atom. The zero-order chi connectivity index (χ0) is 22.0. The summed E-state index contributed by atoms with van der Waals surface area (Å²) in [6, 6.07) is 11.2. The Bertz CT molecular complexity index is 1240. The highest BCUT2D eigenvalue weighted by atomic mass is 32.2. The van der Waals surface area contributed by atoms with Gasteiger partial charge in [-0.15, -0.1) is 21.5 Å². The number of halogens is 2. The average molecular weight is 459 g/mol. The van der Waals surface area contributed by atoms with Gasteiger partial charge in [0.1, 0.15) is 0 Å². The van der Waals surface area contributed by atoms with Crippen molar-refractivity contribution in [1.29, 1.82) is 0 Å². The van der Waals surface area contributed by atoms with Gasteiger partial charge in [0.2, 0.25) is 11.8 Å². The van der Waals surface area contributed by atoms with Gasteiger partial charge in [0.15, 0.2) is 16.8 Å². The second kappa shape index (κ2) is 8.94. The molecule has 2 aromatic heterocycles. The first-order valence-corrected chi connectivity index (χ1v) is 10.9. The predicted octanol–water partition coefficient (Wildman–Crippen LogP) is 5.57. The van der Waals surface area contributed by atoms with E-state index in [1.807, 2.05) is 31.2 Å². The molecule has 1 amide bonds. The van der Waals surface area contributed by atoms with E-state index in [1.165, 1.54) is 17.4 Å². The number of nitrogens with one attached hydrogen (secondary N) is 1. The summed E-state index contributed by atoms with van der Waals surface area (Å²) in [7, 11) is 0. The molecule has 1 N–H and O–H groups in total. The largest absolute Gasteiger partial charge is 0.411 e. The number of thioether (sulfide) groups is 1. The van der Waals surface area contributed by atoms with E-state index >= 15 is 0 Å². The van der Waals surface area contributed by atoms with Gasteiger partial charge in [0.25, 0.3) is 5.22 Å². The van der Waals surface area contributed by atoms with Crippen LogP contribution in [0.5, 0.6) is 0 Å². The van der Waals surface area contributed by atoms with Gasteiger partial charge in [0, 0.05) is 16.5 Å². The summed E-state index contributed by atoms with van der Waals surface area (Å²) in [5, 5.41) is 12.5. The molecule has 0 aliphatic carbocycles. The summed E-state index contributed by atoms with van der Waals surface area (Å²) >= 11 is 2.32. The lowest BCUT2D eigenvalue weighted by Crippen LogP contribution is -2.22. The first kappa shape index (κ1) is 21.1. The Morgan fingerprint density at radius 3 is 2.74 bits per heavy atom. The quantitative estimate of drug-likeness (QED) is 0.381. The van der Waals surface area contributed by atoms with E-state index in [2.05, 4.69) is 20.5 Å². The van der Waals surface area contributed by atoms with Crippen molar-refractivity contribution in [1.82, 2.24) is 15.2 Å². The van der Waals surface area contributed by atoms with Crippen LogP contribution in [0.2, 0.25) is 0 Å². The van der Waals surface area contributed by atoms with Crippen molar-refractivity contribution in [2.24, 2.45) is 0 Å². The molecule has 0 spiro atoms. The Balaban J connectivity index is 1.40. The number of carbonyl (C=O) groups is 1. The fraction of sp³-hybridized carbons (Fsp3) is 0.143. The van der Waals surface area contributed by atoms with Crippen LogP contribution in [0, 0.1) is 18.6 Å². The molecule has 6 nitrogen and oxygen atoms in total. The smallest absolute Gasteiger partial charge is 0.277 e. The lowest BCUT2D eigenvalue weighted by atomic mass is 10.1. The van der Waals surface area contributed by atoms with Crippen LogP contribution >= 0.6 is 23.1 Å². The Kier molecular flexibility index (Phi) is 6.10. The molecular formula is C21H16F2N4O2S2. The molecule has 4 rings (SSSR count). The number of amides is 1. The van der Waals surface area contributed by atoms with Crippen molar-refractivity contribution in [2.45, 2.75) is 24.3 Å². The van der Waals surface area contributed by atoms with E-state index in [0.29, 0.717) is 22.3 Å². The van der Waals surface area contributed by atoms with Crippen LogP contribution < -0.4 is 5.32 Å². The molecule has 1 atom stereocenters. The van der Waals surface area contributed by atoms with Gasteiger partial charge in [-0.2, -0.15) is 0 Å². The minimum absolute atomic E-state index is 0.280. The van der Waals surface area contributed by atoms with Crippen molar-refractivity contribution >= 4 is 34.1 Å². The normalized spacial score (nSPS) is 12.0. The van der Waals surface area contributed by atoms with Gasteiger partial charge in [-0.05, 0) is 43.7 Å². The fourth-order valence-corrected chi connectivity index (χ4v) is 4.12. The zero-order valence-electron chi connectivity index (χ0n) is 16.4. The van der Waals surface area contributed by atoms with Crippen LogP contribution in [-0.4, -0.2) is 26.3 Å². The number of carbonyl (C=O) groups excluding carboxylic acids is 1. The third-order valence-electron chi connectivity index (χ3n) is 4.38. The van der Waals surface area contributed by atoms with Gasteiger partial charge in [0.05, 0.1) is 10.9 Å². The van der Waals surface area contributed by atoms with Gasteiger partial charge in [-0.25, -0.2) is 13.8 Å².